The normalized spacial score (nSPS) is 12.4. The molecule has 0 amide bonds. The van der Waals surface area contributed by atoms with Crippen molar-refractivity contribution in [1.29, 1.82) is 0 Å². The minimum absolute atomic E-state index is 0.0466. The molecule has 1 aliphatic rings. The third-order valence-corrected chi connectivity index (χ3v) is 8.04. The molecule has 1 aliphatic carbocycles. The van der Waals surface area contributed by atoms with Crippen LogP contribution in [-0.4, -0.2) is 41.7 Å². The molecule has 4 aromatic rings. The van der Waals surface area contributed by atoms with Crippen molar-refractivity contribution in [2.24, 2.45) is 5.10 Å². The van der Waals surface area contributed by atoms with Gasteiger partial charge in [-0.1, -0.05) is 48.5 Å². The molecule has 0 aromatic heterocycles. The van der Waals surface area contributed by atoms with Crippen LogP contribution in [0.2, 0.25) is 0 Å². The number of fused-ring (bicyclic) bond motifs is 3. The summed E-state index contributed by atoms with van der Waals surface area (Å²) in [4.78, 5) is -0.0933. The number of benzene rings is 4. The fourth-order valence-electron chi connectivity index (χ4n) is 3.97. The van der Waals surface area contributed by atoms with Crippen LogP contribution in [0.25, 0.3) is 11.1 Å². The summed E-state index contributed by atoms with van der Waals surface area (Å²) in [6.45, 7) is 0. The van der Waals surface area contributed by atoms with E-state index in [4.69, 9.17) is 8.37 Å². The molecule has 0 heterocycles. The maximum absolute atomic E-state index is 13.0. The standard InChI is InChI=1S/C27H22N2O6S2/c1-29(2)28-27-25-17-21(36(30,31)34-19-9-5-3-6-10-19)13-15-23(25)24-16-14-22(18-26(24)27)37(32,33)35-20-11-7-4-8-12-20/h3-18H,1-2H3. The zero-order valence-electron chi connectivity index (χ0n) is 19.9. The van der Waals surface area contributed by atoms with Gasteiger partial charge in [-0.3, -0.25) is 0 Å². The highest BCUT2D eigenvalue weighted by Gasteiger charge is 2.30. The topological polar surface area (TPSA) is 102 Å². The molecule has 0 spiro atoms. The summed E-state index contributed by atoms with van der Waals surface area (Å²) in [5.41, 5.74) is 2.97. The van der Waals surface area contributed by atoms with Gasteiger partial charge in [-0.15, -0.1) is 0 Å². The minimum atomic E-state index is -4.12. The predicted octanol–water partition coefficient (Wildman–Crippen LogP) is 4.52. The third kappa shape index (κ3) is 4.93. The molecule has 0 aliphatic heterocycles. The molecule has 37 heavy (non-hydrogen) atoms. The molecular formula is C27H22N2O6S2. The van der Waals surface area contributed by atoms with Crippen LogP contribution < -0.4 is 8.37 Å². The number of nitrogens with zero attached hydrogens (tertiary/aromatic N) is 2. The Kier molecular flexibility index (Phi) is 6.22. The molecular weight excluding hydrogens is 512 g/mol. The SMILES string of the molecule is CN(C)N=C1c2cc(S(=O)(=O)Oc3ccccc3)ccc2-c2ccc(S(=O)(=O)Oc3ccccc3)cc21. The highest BCUT2D eigenvalue weighted by molar-refractivity contribution is 7.87. The Hall–Kier alpha value is -4.15. The van der Waals surface area contributed by atoms with E-state index in [1.165, 1.54) is 24.3 Å². The van der Waals surface area contributed by atoms with E-state index >= 15 is 0 Å². The average molecular weight is 535 g/mol. The lowest BCUT2D eigenvalue weighted by molar-refractivity contribution is 0.438. The van der Waals surface area contributed by atoms with E-state index in [0.717, 1.165) is 11.1 Å². The highest BCUT2D eigenvalue weighted by Crippen LogP contribution is 2.40. The van der Waals surface area contributed by atoms with Crippen LogP contribution in [0.1, 0.15) is 11.1 Å². The van der Waals surface area contributed by atoms with Gasteiger partial charge in [0, 0.05) is 25.2 Å². The summed E-state index contributed by atoms with van der Waals surface area (Å²) in [5.74, 6) is 0.392. The van der Waals surface area contributed by atoms with Crippen molar-refractivity contribution in [1.82, 2.24) is 5.01 Å². The lowest BCUT2D eigenvalue weighted by atomic mass is 10.1. The van der Waals surface area contributed by atoms with E-state index in [-0.39, 0.29) is 21.3 Å². The van der Waals surface area contributed by atoms with Gasteiger partial charge in [0.25, 0.3) is 0 Å². The molecule has 10 heteroatoms. The Morgan fingerprint density at radius 2 is 0.973 bits per heavy atom. The molecule has 0 unspecified atom stereocenters. The smallest absolute Gasteiger partial charge is 0.339 e. The predicted molar refractivity (Wildman–Crippen MR) is 140 cm³/mol. The number of hydrogen-bond donors (Lipinski definition) is 0. The maximum Gasteiger partial charge on any atom is 0.339 e. The van der Waals surface area contributed by atoms with E-state index in [1.54, 1.807) is 91.9 Å². The second-order valence-electron chi connectivity index (χ2n) is 8.41. The lowest BCUT2D eigenvalue weighted by Gasteiger charge is -2.11. The van der Waals surface area contributed by atoms with Crippen molar-refractivity contribution in [3.63, 3.8) is 0 Å². The fraction of sp³-hybridized carbons (Fsp3) is 0.0741. The Labute approximate surface area is 215 Å². The van der Waals surface area contributed by atoms with E-state index in [2.05, 4.69) is 5.10 Å². The van der Waals surface area contributed by atoms with E-state index in [1.807, 2.05) is 0 Å². The molecule has 0 atom stereocenters. The Balaban J connectivity index is 1.56. The van der Waals surface area contributed by atoms with Crippen molar-refractivity contribution in [2.75, 3.05) is 14.1 Å². The monoisotopic (exact) mass is 534 g/mol. The fourth-order valence-corrected chi connectivity index (χ4v) is 5.89. The summed E-state index contributed by atoms with van der Waals surface area (Å²) in [6.07, 6.45) is 0. The van der Waals surface area contributed by atoms with Crippen LogP contribution >= 0.6 is 0 Å². The first kappa shape index (κ1) is 24.5. The molecule has 4 aromatic carbocycles. The molecule has 188 valence electrons. The van der Waals surface area contributed by atoms with Gasteiger partial charge in [0.1, 0.15) is 21.3 Å². The van der Waals surface area contributed by atoms with E-state index in [9.17, 15) is 16.8 Å². The Morgan fingerprint density at radius 3 is 1.35 bits per heavy atom. The van der Waals surface area contributed by atoms with Gasteiger partial charge in [0.15, 0.2) is 0 Å². The summed E-state index contributed by atoms with van der Waals surface area (Å²) in [7, 11) is -4.80. The third-order valence-electron chi connectivity index (χ3n) is 5.56. The van der Waals surface area contributed by atoms with Gasteiger partial charge in [-0.25, -0.2) is 0 Å². The van der Waals surface area contributed by atoms with Crippen molar-refractivity contribution in [3.8, 4) is 22.6 Å². The van der Waals surface area contributed by atoms with Crippen molar-refractivity contribution in [2.45, 2.75) is 9.79 Å². The van der Waals surface area contributed by atoms with Crippen molar-refractivity contribution in [3.05, 3.63) is 108 Å². The molecule has 0 fully saturated rings. The van der Waals surface area contributed by atoms with Gasteiger partial charge in [0.05, 0.1) is 5.71 Å². The van der Waals surface area contributed by atoms with Crippen molar-refractivity contribution >= 4 is 25.9 Å². The van der Waals surface area contributed by atoms with Crippen molar-refractivity contribution < 1.29 is 25.2 Å². The van der Waals surface area contributed by atoms with Crippen LogP contribution in [0.15, 0.2) is 112 Å². The first-order valence-corrected chi connectivity index (χ1v) is 14.0. The molecule has 0 N–H and O–H groups in total. The zero-order valence-corrected chi connectivity index (χ0v) is 21.5. The lowest BCUT2D eigenvalue weighted by Crippen LogP contribution is -2.13. The first-order valence-electron chi connectivity index (χ1n) is 11.2. The Bertz CT molecular complexity index is 1590. The van der Waals surface area contributed by atoms with E-state index < -0.39 is 20.2 Å². The van der Waals surface area contributed by atoms with Gasteiger partial charge < -0.3 is 13.4 Å². The van der Waals surface area contributed by atoms with Crippen LogP contribution in [0.5, 0.6) is 11.5 Å². The van der Waals surface area contributed by atoms with Gasteiger partial charge in [-0.05, 0) is 59.7 Å². The highest BCUT2D eigenvalue weighted by atomic mass is 32.2. The number of para-hydroxylation sites is 2. The second-order valence-corrected chi connectivity index (χ2v) is 11.5. The molecule has 0 bridgehead atoms. The van der Waals surface area contributed by atoms with Gasteiger partial charge >= 0.3 is 20.2 Å². The van der Waals surface area contributed by atoms with Crippen LogP contribution in [-0.2, 0) is 20.2 Å². The number of hydrogen-bond acceptors (Lipinski definition) is 8. The maximum atomic E-state index is 13.0. The summed E-state index contributed by atoms with van der Waals surface area (Å²) in [6, 6.07) is 25.7. The zero-order chi connectivity index (χ0) is 26.2. The first-order chi connectivity index (χ1) is 17.6. The molecule has 0 radical (unpaired) electrons. The minimum Gasteiger partial charge on any atom is -0.379 e. The second kappa shape index (κ2) is 9.38. The quantitative estimate of drug-likeness (QED) is 0.224. The molecule has 0 saturated carbocycles. The van der Waals surface area contributed by atoms with E-state index in [0.29, 0.717) is 16.8 Å². The molecule has 8 nitrogen and oxygen atoms in total. The van der Waals surface area contributed by atoms with Crippen LogP contribution in [0, 0.1) is 0 Å². The van der Waals surface area contributed by atoms with Gasteiger partial charge in [-0.2, -0.15) is 21.9 Å². The number of hydrazone groups is 1. The Morgan fingerprint density at radius 1 is 0.568 bits per heavy atom. The largest absolute Gasteiger partial charge is 0.379 e. The summed E-state index contributed by atoms with van der Waals surface area (Å²) >= 11 is 0. The summed E-state index contributed by atoms with van der Waals surface area (Å²) < 4.78 is 62.6. The van der Waals surface area contributed by atoms with Crippen LogP contribution in [0.4, 0.5) is 0 Å². The van der Waals surface area contributed by atoms with Gasteiger partial charge in [0.2, 0.25) is 0 Å². The van der Waals surface area contributed by atoms with Crippen LogP contribution in [0.3, 0.4) is 0 Å². The molecule has 0 saturated heterocycles. The average Bonchev–Trinajstić information content (AvgIpc) is 3.16. The summed E-state index contributed by atoms with van der Waals surface area (Å²) in [5, 5.41) is 6.12. The molecule has 5 rings (SSSR count). The number of rotatable bonds is 7.